The van der Waals surface area contributed by atoms with Crippen molar-refractivity contribution in [2.75, 3.05) is 13.1 Å². The highest BCUT2D eigenvalue weighted by Crippen LogP contribution is 2.30. The van der Waals surface area contributed by atoms with Crippen LogP contribution >= 0.6 is 22.0 Å². The van der Waals surface area contributed by atoms with Crippen LogP contribution in [0.5, 0.6) is 0 Å². The molecule has 0 aromatic carbocycles. The first-order valence-electron chi connectivity index (χ1n) is 6.88. The van der Waals surface area contributed by atoms with Crippen LogP contribution in [-0.2, 0) is 0 Å². The zero-order valence-corrected chi connectivity index (χ0v) is 13.7. The molecule has 0 saturated heterocycles. The van der Waals surface area contributed by atoms with Crippen molar-refractivity contribution >= 4 is 34.1 Å². The SMILES string of the molecule is CCCCCN(SSN(CCCCC)C(=O)O)C(=O)O. The molecule has 0 aliphatic carbocycles. The molecule has 6 nitrogen and oxygen atoms in total. The van der Waals surface area contributed by atoms with Gasteiger partial charge in [-0.3, -0.25) is 0 Å². The molecule has 0 atom stereocenters. The maximum atomic E-state index is 11.1. The Morgan fingerprint density at radius 2 is 1.15 bits per heavy atom. The Kier molecular flexibility index (Phi) is 11.6. The van der Waals surface area contributed by atoms with E-state index in [9.17, 15) is 9.59 Å². The molecule has 0 radical (unpaired) electrons. The number of amides is 2. The molecular formula is C12H24N2O4S2. The number of hydrogen-bond donors (Lipinski definition) is 2. The van der Waals surface area contributed by atoms with E-state index >= 15 is 0 Å². The van der Waals surface area contributed by atoms with Gasteiger partial charge < -0.3 is 10.2 Å². The highest BCUT2D eigenvalue weighted by molar-refractivity contribution is 8.75. The Balaban J connectivity index is 4.18. The summed E-state index contributed by atoms with van der Waals surface area (Å²) >= 11 is 0. The Morgan fingerprint density at radius 1 is 0.800 bits per heavy atom. The summed E-state index contributed by atoms with van der Waals surface area (Å²) in [6, 6.07) is 0. The molecule has 0 saturated carbocycles. The highest BCUT2D eigenvalue weighted by Gasteiger charge is 2.18. The van der Waals surface area contributed by atoms with Crippen LogP contribution in [0.4, 0.5) is 9.59 Å². The van der Waals surface area contributed by atoms with Crippen molar-refractivity contribution in [3.05, 3.63) is 0 Å². The first-order chi connectivity index (χ1) is 9.52. The number of carboxylic acid groups (broad SMARTS) is 2. The van der Waals surface area contributed by atoms with Gasteiger partial charge in [0.15, 0.2) is 0 Å². The van der Waals surface area contributed by atoms with Gasteiger partial charge in [-0.25, -0.2) is 18.2 Å². The van der Waals surface area contributed by atoms with Gasteiger partial charge in [-0.1, -0.05) is 39.5 Å². The van der Waals surface area contributed by atoms with E-state index in [2.05, 4.69) is 0 Å². The van der Waals surface area contributed by atoms with E-state index in [-0.39, 0.29) is 0 Å². The van der Waals surface area contributed by atoms with E-state index in [1.165, 1.54) is 8.61 Å². The van der Waals surface area contributed by atoms with E-state index in [1.807, 2.05) is 13.8 Å². The van der Waals surface area contributed by atoms with Crippen LogP contribution in [0.2, 0.25) is 0 Å². The molecule has 0 aromatic rings. The molecule has 0 heterocycles. The summed E-state index contributed by atoms with van der Waals surface area (Å²) in [4.78, 5) is 22.1. The van der Waals surface area contributed by atoms with Crippen LogP contribution in [0.3, 0.4) is 0 Å². The van der Waals surface area contributed by atoms with Gasteiger partial charge in [0.05, 0.1) is 0 Å². The first kappa shape index (κ1) is 19.2. The third-order valence-corrected chi connectivity index (χ3v) is 4.95. The number of unbranched alkanes of at least 4 members (excludes halogenated alkanes) is 4. The van der Waals surface area contributed by atoms with Gasteiger partial charge in [0, 0.05) is 35.0 Å². The van der Waals surface area contributed by atoms with Crippen molar-refractivity contribution in [1.29, 1.82) is 0 Å². The largest absolute Gasteiger partial charge is 0.464 e. The van der Waals surface area contributed by atoms with Gasteiger partial charge in [-0.2, -0.15) is 0 Å². The first-order valence-corrected chi connectivity index (χ1v) is 8.94. The van der Waals surface area contributed by atoms with Gasteiger partial charge in [-0.15, -0.1) is 0 Å². The van der Waals surface area contributed by atoms with Crippen molar-refractivity contribution in [2.24, 2.45) is 0 Å². The zero-order valence-electron chi connectivity index (χ0n) is 12.1. The monoisotopic (exact) mass is 324 g/mol. The molecule has 8 heteroatoms. The van der Waals surface area contributed by atoms with Gasteiger partial charge in [0.1, 0.15) is 0 Å². The highest BCUT2D eigenvalue weighted by atomic mass is 33.1. The van der Waals surface area contributed by atoms with Crippen LogP contribution in [0.1, 0.15) is 52.4 Å². The summed E-state index contributed by atoms with van der Waals surface area (Å²) in [5, 5.41) is 18.1. The Bertz CT molecular complexity index is 265. The molecule has 0 aliphatic rings. The summed E-state index contributed by atoms with van der Waals surface area (Å²) in [5.74, 6) is 0. The quantitative estimate of drug-likeness (QED) is 0.330. The second-order valence-corrected chi connectivity index (χ2v) is 6.41. The third-order valence-electron chi connectivity index (χ3n) is 2.57. The maximum Gasteiger partial charge on any atom is 0.418 e. The zero-order chi connectivity index (χ0) is 15.4. The smallest absolute Gasteiger partial charge is 0.418 e. The molecule has 0 rings (SSSR count). The van der Waals surface area contributed by atoms with Crippen molar-refractivity contribution in [3.63, 3.8) is 0 Å². The average molecular weight is 324 g/mol. The Hall–Kier alpha value is -0.760. The van der Waals surface area contributed by atoms with E-state index < -0.39 is 12.2 Å². The molecule has 0 unspecified atom stereocenters. The summed E-state index contributed by atoms with van der Waals surface area (Å²) in [6.07, 6.45) is 3.49. The predicted molar refractivity (Wildman–Crippen MR) is 83.7 cm³/mol. The van der Waals surface area contributed by atoms with Gasteiger partial charge in [0.2, 0.25) is 0 Å². The molecule has 2 N–H and O–H groups in total. The van der Waals surface area contributed by atoms with Gasteiger partial charge in [-0.05, 0) is 12.8 Å². The molecule has 20 heavy (non-hydrogen) atoms. The number of hydrogen-bond acceptors (Lipinski definition) is 4. The van der Waals surface area contributed by atoms with E-state index in [1.54, 1.807) is 0 Å². The molecule has 0 aromatic heterocycles. The Morgan fingerprint density at radius 3 is 1.40 bits per heavy atom. The molecule has 0 bridgehead atoms. The standard InChI is InChI=1S/C12H24N2O4S2/c1-3-5-7-9-13(11(15)16)19-20-14(12(17)18)10-8-6-4-2/h3-10H2,1-2H3,(H,15,16)(H,17,18). The summed E-state index contributed by atoms with van der Waals surface area (Å²) in [7, 11) is 1.94. The molecule has 118 valence electrons. The molecule has 2 amide bonds. The van der Waals surface area contributed by atoms with Crippen LogP contribution in [0, 0.1) is 0 Å². The Labute approximate surface area is 128 Å². The van der Waals surface area contributed by atoms with Crippen LogP contribution in [0.15, 0.2) is 0 Å². The lowest BCUT2D eigenvalue weighted by Crippen LogP contribution is -2.26. The van der Waals surface area contributed by atoms with Crippen LogP contribution in [0.25, 0.3) is 0 Å². The lowest BCUT2D eigenvalue weighted by Gasteiger charge is -2.21. The van der Waals surface area contributed by atoms with Crippen LogP contribution < -0.4 is 0 Å². The van der Waals surface area contributed by atoms with E-state index in [4.69, 9.17) is 10.2 Å². The minimum absolute atomic E-state index is 0.420. The molecule has 0 fully saturated rings. The summed E-state index contributed by atoms with van der Waals surface area (Å²) < 4.78 is 2.38. The van der Waals surface area contributed by atoms with Crippen LogP contribution in [-0.4, -0.2) is 44.1 Å². The van der Waals surface area contributed by atoms with Crippen molar-refractivity contribution < 1.29 is 19.8 Å². The van der Waals surface area contributed by atoms with E-state index in [0.717, 1.165) is 60.5 Å². The fraction of sp³-hybridized carbons (Fsp3) is 0.833. The molecule has 0 spiro atoms. The molecule has 0 aliphatic heterocycles. The third kappa shape index (κ3) is 9.19. The minimum Gasteiger partial charge on any atom is -0.464 e. The lowest BCUT2D eigenvalue weighted by atomic mass is 10.2. The maximum absolute atomic E-state index is 11.1. The topological polar surface area (TPSA) is 81.1 Å². The summed E-state index contributed by atoms with van der Waals surface area (Å²) in [5.41, 5.74) is 0. The van der Waals surface area contributed by atoms with E-state index in [0.29, 0.717) is 13.1 Å². The van der Waals surface area contributed by atoms with Gasteiger partial charge in [0.25, 0.3) is 0 Å². The van der Waals surface area contributed by atoms with Gasteiger partial charge >= 0.3 is 12.2 Å². The number of nitrogens with zero attached hydrogens (tertiary/aromatic N) is 2. The fourth-order valence-corrected chi connectivity index (χ4v) is 3.43. The predicted octanol–water partition coefficient (Wildman–Crippen LogP) is 4.54. The van der Waals surface area contributed by atoms with Crippen molar-refractivity contribution in [3.8, 4) is 0 Å². The second-order valence-electron chi connectivity index (χ2n) is 4.33. The second kappa shape index (κ2) is 12.0. The lowest BCUT2D eigenvalue weighted by molar-refractivity contribution is 0.173. The summed E-state index contributed by atoms with van der Waals surface area (Å²) in [6.45, 7) is 4.94. The fourth-order valence-electron chi connectivity index (χ4n) is 1.42. The average Bonchev–Trinajstić information content (AvgIpc) is 2.39. The van der Waals surface area contributed by atoms with Crippen molar-refractivity contribution in [2.45, 2.75) is 52.4 Å². The van der Waals surface area contributed by atoms with Crippen molar-refractivity contribution in [1.82, 2.24) is 8.61 Å². The number of carbonyl (C=O) groups is 2. The minimum atomic E-state index is -1.03. The number of rotatable bonds is 11. The normalized spacial score (nSPS) is 10.3. The molecular weight excluding hydrogens is 300 g/mol.